The molecule has 0 unspecified atom stereocenters. The van der Waals surface area contributed by atoms with Crippen molar-refractivity contribution in [2.45, 2.75) is 32.7 Å². The molecule has 1 aromatic heterocycles. The Hall–Kier alpha value is -2.40. The molecule has 0 aliphatic carbocycles. The predicted octanol–water partition coefficient (Wildman–Crippen LogP) is 5.21. The fourth-order valence-electron chi connectivity index (χ4n) is 3.39. The van der Waals surface area contributed by atoms with Crippen LogP contribution in [0.1, 0.15) is 34.6 Å². The lowest BCUT2D eigenvalue weighted by atomic mass is 10.1. The van der Waals surface area contributed by atoms with Gasteiger partial charge in [0.15, 0.2) is 0 Å². The number of fused-ring (bicyclic) bond motifs is 1. The maximum Gasteiger partial charge on any atom is 0.255 e. The molecule has 5 heteroatoms. The van der Waals surface area contributed by atoms with Gasteiger partial charge >= 0.3 is 0 Å². The number of carbonyl (C=O) groups is 1. The molecule has 2 aromatic carbocycles. The van der Waals surface area contributed by atoms with Crippen molar-refractivity contribution in [1.82, 2.24) is 9.55 Å². The zero-order chi connectivity index (χ0) is 18.1. The summed E-state index contributed by atoms with van der Waals surface area (Å²) >= 11 is 3.44. The maximum atomic E-state index is 12.8. The Labute approximate surface area is 161 Å². The van der Waals surface area contributed by atoms with Crippen LogP contribution < -0.4 is 5.32 Å². The number of halogens is 1. The number of amides is 1. The SMILES string of the molecule is Cc1ccc(Br)cc1C(=O)Nc1ccccc1-c1cn2c(n1)CCCC2. The second-order valence-electron chi connectivity index (χ2n) is 6.65. The van der Waals surface area contributed by atoms with E-state index in [2.05, 4.69) is 32.0 Å². The average molecular weight is 410 g/mol. The van der Waals surface area contributed by atoms with E-state index in [1.54, 1.807) is 0 Å². The van der Waals surface area contributed by atoms with Crippen molar-refractivity contribution in [1.29, 1.82) is 0 Å². The van der Waals surface area contributed by atoms with Gasteiger partial charge in [-0.15, -0.1) is 0 Å². The zero-order valence-corrected chi connectivity index (χ0v) is 16.2. The van der Waals surface area contributed by atoms with Crippen molar-refractivity contribution in [2.24, 2.45) is 0 Å². The molecular weight excluding hydrogens is 390 g/mol. The molecule has 0 bridgehead atoms. The molecule has 0 fully saturated rings. The van der Waals surface area contributed by atoms with Gasteiger partial charge in [0, 0.05) is 34.8 Å². The number of hydrogen-bond donors (Lipinski definition) is 1. The minimum absolute atomic E-state index is 0.111. The van der Waals surface area contributed by atoms with E-state index in [9.17, 15) is 4.79 Å². The second-order valence-corrected chi connectivity index (χ2v) is 7.57. The zero-order valence-electron chi connectivity index (χ0n) is 14.6. The van der Waals surface area contributed by atoms with Crippen LogP contribution in [0.4, 0.5) is 5.69 Å². The van der Waals surface area contributed by atoms with Crippen LogP contribution in [0.5, 0.6) is 0 Å². The number of aromatic nitrogens is 2. The topological polar surface area (TPSA) is 46.9 Å². The minimum atomic E-state index is -0.111. The van der Waals surface area contributed by atoms with Gasteiger partial charge in [-0.3, -0.25) is 4.79 Å². The van der Waals surface area contributed by atoms with Crippen molar-refractivity contribution in [3.05, 3.63) is 70.1 Å². The molecule has 3 aromatic rings. The van der Waals surface area contributed by atoms with E-state index >= 15 is 0 Å². The number of hydrogen-bond acceptors (Lipinski definition) is 2. The third-order valence-corrected chi connectivity index (χ3v) is 5.30. The number of para-hydroxylation sites is 1. The first-order valence-corrected chi connectivity index (χ1v) is 9.64. The van der Waals surface area contributed by atoms with E-state index in [-0.39, 0.29) is 5.91 Å². The number of imidazole rings is 1. The molecule has 0 saturated heterocycles. The van der Waals surface area contributed by atoms with Crippen LogP contribution in [0.25, 0.3) is 11.3 Å². The van der Waals surface area contributed by atoms with Crippen LogP contribution in [-0.4, -0.2) is 15.5 Å². The second kappa shape index (κ2) is 7.08. The minimum Gasteiger partial charge on any atom is -0.334 e. The van der Waals surface area contributed by atoms with E-state index in [0.717, 1.165) is 45.8 Å². The van der Waals surface area contributed by atoms with E-state index in [0.29, 0.717) is 5.56 Å². The first-order valence-electron chi connectivity index (χ1n) is 8.85. The third kappa shape index (κ3) is 3.31. The fourth-order valence-corrected chi connectivity index (χ4v) is 3.75. The summed E-state index contributed by atoms with van der Waals surface area (Å²) in [6, 6.07) is 13.6. The van der Waals surface area contributed by atoms with Gasteiger partial charge < -0.3 is 9.88 Å². The summed E-state index contributed by atoms with van der Waals surface area (Å²) in [5.74, 6) is 1.02. The average Bonchev–Trinajstić information content (AvgIpc) is 3.08. The van der Waals surface area contributed by atoms with Crippen molar-refractivity contribution in [3.63, 3.8) is 0 Å². The van der Waals surface area contributed by atoms with Crippen molar-refractivity contribution in [2.75, 3.05) is 5.32 Å². The molecule has 4 nitrogen and oxygen atoms in total. The van der Waals surface area contributed by atoms with Crippen molar-refractivity contribution >= 4 is 27.5 Å². The van der Waals surface area contributed by atoms with Gasteiger partial charge in [0.05, 0.1) is 11.4 Å². The van der Waals surface area contributed by atoms with Crippen LogP contribution in [0.15, 0.2) is 53.1 Å². The Balaban J connectivity index is 1.67. The quantitative estimate of drug-likeness (QED) is 0.645. The summed E-state index contributed by atoms with van der Waals surface area (Å²) < 4.78 is 3.12. The van der Waals surface area contributed by atoms with Crippen molar-refractivity contribution < 1.29 is 4.79 Å². The number of rotatable bonds is 3. The summed E-state index contributed by atoms with van der Waals surface area (Å²) in [4.78, 5) is 17.6. The number of aryl methyl sites for hydroxylation is 3. The first kappa shape index (κ1) is 17.0. The highest BCUT2D eigenvalue weighted by molar-refractivity contribution is 9.10. The maximum absolute atomic E-state index is 12.8. The number of nitrogens with zero attached hydrogens (tertiary/aromatic N) is 2. The molecule has 1 aliphatic heterocycles. The highest BCUT2D eigenvalue weighted by Crippen LogP contribution is 2.29. The summed E-state index contributed by atoms with van der Waals surface area (Å²) in [5.41, 5.74) is 4.27. The smallest absolute Gasteiger partial charge is 0.255 e. The highest BCUT2D eigenvalue weighted by atomic mass is 79.9. The van der Waals surface area contributed by atoms with Gasteiger partial charge in [-0.2, -0.15) is 0 Å². The standard InChI is InChI=1S/C21H20BrN3O/c1-14-9-10-15(22)12-17(14)21(26)24-18-7-3-2-6-16(18)19-13-25-11-5-4-8-20(25)23-19/h2-3,6-7,9-10,12-13H,4-5,8,11H2,1H3,(H,24,26). The number of anilines is 1. The number of nitrogens with one attached hydrogen (secondary N) is 1. The molecule has 4 rings (SSSR count). The summed E-state index contributed by atoms with van der Waals surface area (Å²) in [7, 11) is 0. The van der Waals surface area contributed by atoms with Crippen LogP contribution in [0, 0.1) is 6.92 Å². The Morgan fingerprint density at radius 3 is 2.88 bits per heavy atom. The molecule has 0 saturated carbocycles. The molecule has 2 heterocycles. The van der Waals surface area contributed by atoms with Gasteiger partial charge in [0.2, 0.25) is 0 Å². The number of benzene rings is 2. The molecule has 1 aliphatic rings. The number of carbonyl (C=O) groups excluding carboxylic acids is 1. The lowest BCUT2D eigenvalue weighted by Gasteiger charge is -2.12. The molecule has 0 radical (unpaired) electrons. The lowest BCUT2D eigenvalue weighted by molar-refractivity contribution is 0.102. The summed E-state index contributed by atoms with van der Waals surface area (Å²) in [5, 5.41) is 3.06. The summed E-state index contributed by atoms with van der Waals surface area (Å²) in [6.07, 6.45) is 5.51. The van der Waals surface area contributed by atoms with Gasteiger partial charge in [0.25, 0.3) is 5.91 Å². The molecule has 1 N–H and O–H groups in total. The van der Waals surface area contributed by atoms with E-state index in [4.69, 9.17) is 4.98 Å². The molecule has 0 spiro atoms. The third-order valence-electron chi connectivity index (χ3n) is 4.80. The Morgan fingerprint density at radius 2 is 2.04 bits per heavy atom. The highest BCUT2D eigenvalue weighted by Gasteiger charge is 2.17. The van der Waals surface area contributed by atoms with Crippen LogP contribution >= 0.6 is 15.9 Å². The van der Waals surface area contributed by atoms with Crippen LogP contribution in [-0.2, 0) is 13.0 Å². The summed E-state index contributed by atoms with van der Waals surface area (Å²) in [6.45, 7) is 2.96. The van der Waals surface area contributed by atoms with Gasteiger partial charge in [-0.05, 0) is 43.5 Å². The predicted molar refractivity (Wildman–Crippen MR) is 107 cm³/mol. The Bertz CT molecular complexity index is 954. The molecule has 26 heavy (non-hydrogen) atoms. The van der Waals surface area contributed by atoms with Gasteiger partial charge in [0.1, 0.15) is 5.82 Å². The molecular formula is C21H20BrN3O. The van der Waals surface area contributed by atoms with E-state index in [1.807, 2.05) is 49.4 Å². The largest absolute Gasteiger partial charge is 0.334 e. The normalized spacial score (nSPS) is 13.3. The van der Waals surface area contributed by atoms with Gasteiger partial charge in [-0.25, -0.2) is 4.98 Å². The Kier molecular flexibility index (Phi) is 4.64. The van der Waals surface area contributed by atoms with Crippen molar-refractivity contribution in [3.8, 4) is 11.3 Å². The van der Waals surface area contributed by atoms with Gasteiger partial charge in [-0.1, -0.05) is 40.2 Å². The molecule has 1 amide bonds. The molecule has 0 atom stereocenters. The monoisotopic (exact) mass is 409 g/mol. The van der Waals surface area contributed by atoms with E-state index in [1.165, 1.54) is 12.8 Å². The Morgan fingerprint density at radius 1 is 1.19 bits per heavy atom. The first-order chi connectivity index (χ1) is 12.6. The van der Waals surface area contributed by atoms with Crippen LogP contribution in [0.3, 0.4) is 0 Å². The van der Waals surface area contributed by atoms with Crippen LogP contribution in [0.2, 0.25) is 0 Å². The fraction of sp³-hybridized carbons (Fsp3) is 0.238. The lowest BCUT2D eigenvalue weighted by Crippen LogP contribution is -2.14. The molecule has 132 valence electrons. The van der Waals surface area contributed by atoms with E-state index < -0.39 is 0 Å².